The summed E-state index contributed by atoms with van der Waals surface area (Å²) in [6, 6.07) is 8.19. The van der Waals surface area contributed by atoms with E-state index in [2.05, 4.69) is 39.5 Å². The van der Waals surface area contributed by atoms with Gasteiger partial charge in [0.05, 0.1) is 7.11 Å². The van der Waals surface area contributed by atoms with E-state index >= 15 is 0 Å². The highest BCUT2D eigenvalue weighted by Crippen LogP contribution is 2.25. The van der Waals surface area contributed by atoms with Gasteiger partial charge in [-0.3, -0.25) is 4.99 Å². The number of guanidine groups is 1. The number of aliphatic imine (C=N–C) groups is 1. The van der Waals surface area contributed by atoms with Crippen molar-refractivity contribution in [2.24, 2.45) is 4.99 Å². The van der Waals surface area contributed by atoms with Crippen LogP contribution in [0.5, 0.6) is 5.75 Å². The lowest BCUT2D eigenvalue weighted by molar-refractivity contribution is 0.414. The molecule has 21 heavy (non-hydrogen) atoms. The number of methoxy groups -OCH3 is 1. The van der Waals surface area contributed by atoms with Crippen molar-refractivity contribution in [3.63, 3.8) is 0 Å². The molecule has 0 radical (unpaired) electrons. The molecule has 1 aliphatic rings. The summed E-state index contributed by atoms with van der Waals surface area (Å²) in [5.74, 6) is 3.10. The van der Waals surface area contributed by atoms with Crippen molar-refractivity contribution in [2.45, 2.75) is 24.5 Å². The molecule has 2 N–H and O–H groups in total. The maximum Gasteiger partial charge on any atom is 0.191 e. The number of ether oxygens (including phenoxy) is 1. The van der Waals surface area contributed by atoms with Crippen LogP contribution < -0.4 is 15.4 Å². The first-order chi connectivity index (χ1) is 10.3. The van der Waals surface area contributed by atoms with E-state index in [-0.39, 0.29) is 0 Å². The minimum atomic E-state index is 0.738. The number of benzene rings is 1. The first-order valence-corrected chi connectivity index (χ1v) is 8.55. The van der Waals surface area contributed by atoms with Crippen molar-refractivity contribution in [3.8, 4) is 5.75 Å². The second-order valence-electron chi connectivity index (χ2n) is 5.12. The Morgan fingerprint density at radius 3 is 3.05 bits per heavy atom. The van der Waals surface area contributed by atoms with Gasteiger partial charge in [0.2, 0.25) is 0 Å². The lowest BCUT2D eigenvalue weighted by atomic mass is 10.1. The third-order valence-electron chi connectivity index (χ3n) is 3.59. The van der Waals surface area contributed by atoms with Crippen LogP contribution in [0.15, 0.2) is 29.3 Å². The molecule has 0 aromatic heterocycles. The highest BCUT2D eigenvalue weighted by molar-refractivity contribution is 8.00. The van der Waals surface area contributed by atoms with Crippen LogP contribution >= 0.6 is 11.8 Å². The number of nitrogens with one attached hydrogen (secondary N) is 2. The zero-order valence-corrected chi connectivity index (χ0v) is 13.7. The minimum Gasteiger partial charge on any atom is -0.497 e. The second kappa shape index (κ2) is 8.82. The van der Waals surface area contributed by atoms with Gasteiger partial charge in [-0.15, -0.1) is 0 Å². The molecule has 4 nitrogen and oxygen atoms in total. The SMILES string of the molecule is CN=C(NCCc1cccc(OC)c1)NCC1CCCS1. The van der Waals surface area contributed by atoms with E-state index in [9.17, 15) is 0 Å². The number of thioether (sulfide) groups is 1. The Labute approximate surface area is 131 Å². The van der Waals surface area contributed by atoms with Gasteiger partial charge in [-0.05, 0) is 42.7 Å². The fraction of sp³-hybridized carbons (Fsp3) is 0.562. The van der Waals surface area contributed by atoms with E-state index in [0.29, 0.717) is 0 Å². The molecule has 2 rings (SSSR count). The number of hydrogen-bond acceptors (Lipinski definition) is 3. The van der Waals surface area contributed by atoms with E-state index in [0.717, 1.165) is 36.5 Å². The van der Waals surface area contributed by atoms with Gasteiger partial charge in [0, 0.05) is 25.4 Å². The zero-order valence-electron chi connectivity index (χ0n) is 12.9. The van der Waals surface area contributed by atoms with Gasteiger partial charge < -0.3 is 15.4 Å². The van der Waals surface area contributed by atoms with E-state index in [4.69, 9.17) is 4.74 Å². The first-order valence-electron chi connectivity index (χ1n) is 7.51. The molecule has 1 unspecified atom stereocenters. The summed E-state index contributed by atoms with van der Waals surface area (Å²) in [4.78, 5) is 4.27. The van der Waals surface area contributed by atoms with E-state index in [1.807, 2.05) is 19.2 Å². The molecule has 1 saturated heterocycles. The smallest absolute Gasteiger partial charge is 0.191 e. The Balaban J connectivity index is 1.70. The van der Waals surface area contributed by atoms with E-state index in [1.54, 1.807) is 7.11 Å². The van der Waals surface area contributed by atoms with Crippen LogP contribution in [0.25, 0.3) is 0 Å². The van der Waals surface area contributed by atoms with Gasteiger partial charge >= 0.3 is 0 Å². The molecule has 1 atom stereocenters. The van der Waals surface area contributed by atoms with Crippen molar-refractivity contribution in [1.82, 2.24) is 10.6 Å². The fourth-order valence-electron chi connectivity index (χ4n) is 2.39. The van der Waals surface area contributed by atoms with Crippen LogP contribution in [-0.4, -0.2) is 44.2 Å². The number of rotatable bonds is 6. The third-order valence-corrected chi connectivity index (χ3v) is 4.98. The maximum absolute atomic E-state index is 5.24. The summed E-state index contributed by atoms with van der Waals surface area (Å²) in [6.07, 6.45) is 3.62. The number of nitrogens with zero attached hydrogens (tertiary/aromatic N) is 1. The van der Waals surface area contributed by atoms with Gasteiger partial charge in [-0.2, -0.15) is 11.8 Å². The van der Waals surface area contributed by atoms with Gasteiger partial charge in [0.25, 0.3) is 0 Å². The van der Waals surface area contributed by atoms with E-state index < -0.39 is 0 Å². The molecule has 0 spiro atoms. The third kappa shape index (κ3) is 5.50. The average Bonchev–Trinajstić information content (AvgIpc) is 3.04. The number of hydrogen-bond donors (Lipinski definition) is 2. The molecule has 5 heteroatoms. The highest BCUT2D eigenvalue weighted by atomic mass is 32.2. The van der Waals surface area contributed by atoms with Crippen LogP contribution in [0.3, 0.4) is 0 Å². The van der Waals surface area contributed by atoms with Crippen molar-refractivity contribution < 1.29 is 4.74 Å². The molecule has 1 fully saturated rings. The maximum atomic E-state index is 5.24. The van der Waals surface area contributed by atoms with Gasteiger partial charge in [0.1, 0.15) is 5.75 Å². The summed E-state index contributed by atoms with van der Waals surface area (Å²) >= 11 is 2.06. The lowest BCUT2D eigenvalue weighted by Crippen LogP contribution is -2.40. The molecule has 1 aromatic rings. The molecule has 0 aliphatic carbocycles. The van der Waals surface area contributed by atoms with Crippen molar-refractivity contribution in [2.75, 3.05) is 33.0 Å². The monoisotopic (exact) mass is 307 g/mol. The Bertz CT molecular complexity index is 459. The lowest BCUT2D eigenvalue weighted by Gasteiger charge is -2.14. The predicted octanol–water partition coefficient (Wildman–Crippen LogP) is 2.30. The van der Waals surface area contributed by atoms with E-state index in [1.165, 1.54) is 24.2 Å². The largest absolute Gasteiger partial charge is 0.497 e. The minimum absolute atomic E-state index is 0.738. The second-order valence-corrected chi connectivity index (χ2v) is 6.52. The topological polar surface area (TPSA) is 45.7 Å². The Morgan fingerprint density at radius 1 is 1.43 bits per heavy atom. The summed E-state index contributed by atoms with van der Waals surface area (Å²) in [7, 11) is 3.52. The molecule has 0 saturated carbocycles. The molecule has 1 aliphatic heterocycles. The van der Waals surface area contributed by atoms with Gasteiger partial charge in [-0.1, -0.05) is 12.1 Å². The summed E-state index contributed by atoms with van der Waals surface area (Å²) in [5, 5.41) is 7.52. The van der Waals surface area contributed by atoms with Crippen LogP contribution in [0.4, 0.5) is 0 Å². The van der Waals surface area contributed by atoms with Crippen LogP contribution in [-0.2, 0) is 6.42 Å². The van der Waals surface area contributed by atoms with Crippen LogP contribution in [0, 0.1) is 0 Å². The molecular formula is C16H25N3OS. The quantitative estimate of drug-likeness (QED) is 0.625. The van der Waals surface area contributed by atoms with Crippen LogP contribution in [0.1, 0.15) is 18.4 Å². The fourth-order valence-corrected chi connectivity index (χ4v) is 3.59. The summed E-state index contributed by atoms with van der Waals surface area (Å²) in [5.41, 5.74) is 1.27. The highest BCUT2D eigenvalue weighted by Gasteiger charge is 2.15. The Morgan fingerprint density at radius 2 is 2.33 bits per heavy atom. The standard InChI is InChI=1S/C16H25N3OS/c1-17-16(19-12-15-7-4-10-21-15)18-9-8-13-5-3-6-14(11-13)20-2/h3,5-6,11,15H,4,7-10,12H2,1-2H3,(H2,17,18,19). The van der Waals surface area contributed by atoms with Crippen molar-refractivity contribution in [3.05, 3.63) is 29.8 Å². The summed E-state index contributed by atoms with van der Waals surface area (Å²) in [6.45, 7) is 1.87. The van der Waals surface area contributed by atoms with Crippen molar-refractivity contribution >= 4 is 17.7 Å². The molecule has 0 amide bonds. The molecule has 116 valence electrons. The molecule has 1 heterocycles. The normalized spacial score (nSPS) is 18.6. The van der Waals surface area contributed by atoms with Gasteiger partial charge in [-0.25, -0.2) is 0 Å². The average molecular weight is 307 g/mol. The van der Waals surface area contributed by atoms with Gasteiger partial charge in [0.15, 0.2) is 5.96 Å². The first kappa shape index (κ1) is 16.0. The molecule has 0 bridgehead atoms. The predicted molar refractivity (Wildman–Crippen MR) is 91.5 cm³/mol. The molecular weight excluding hydrogens is 282 g/mol. The zero-order chi connectivity index (χ0) is 14.9. The van der Waals surface area contributed by atoms with Crippen molar-refractivity contribution in [1.29, 1.82) is 0 Å². The Hall–Kier alpha value is -1.36. The summed E-state index contributed by atoms with van der Waals surface area (Å²) < 4.78 is 5.24. The van der Waals surface area contributed by atoms with Crippen LogP contribution in [0.2, 0.25) is 0 Å². The molecule has 1 aromatic carbocycles. The Kier molecular flexibility index (Phi) is 6.73.